The van der Waals surface area contributed by atoms with Gasteiger partial charge in [-0.25, -0.2) is 4.39 Å². The minimum Gasteiger partial charge on any atom is -0.289 e. The number of rotatable bonds is 4. The first-order chi connectivity index (χ1) is 9.63. The smallest absolute Gasteiger partial charge is 0.189 e. The summed E-state index contributed by atoms with van der Waals surface area (Å²) in [6, 6.07) is 15.5. The van der Waals surface area contributed by atoms with E-state index >= 15 is 0 Å². The zero-order chi connectivity index (χ0) is 14.5. The van der Waals surface area contributed by atoms with Crippen molar-refractivity contribution in [1.82, 2.24) is 0 Å². The lowest BCUT2D eigenvalue weighted by Gasteiger charge is -2.10. The first-order valence-electron chi connectivity index (χ1n) is 6.69. The number of hydrogen-bond donors (Lipinski definition) is 0. The maximum Gasteiger partial charge on any atom is 0.189 e. The molecule has 2 aromatic rings. The summed E-state index contributed by atoms with van der Waals surface area (Å²) in [5.41, 5.74) is 3.31. The molecule has 0 amide bonds. The van der Waals surface area contributed by atoms with Gasteiger partial charge in [0.2, 0.25) is 0 Å². The van der Waals surface area contributed by atoms with Gasteiger partial charge in [-0.2, -0.15) is 0 Å². The summed E-state index contributed by atoms with van der Waals surface area (Å²) in [7, 11) is 0. The number of allylic oxidation sites excluding steroid dienone is 2. The van der Waals surface area contributed by atoms with Gasteiger partial charge in [0.15, 0.2) is 5.78 Å². The van der Waals surface area contributed by atoms with Crippen LogP contribution >= 0.6 is 0 Å². The van der Waals surface area contributed by atoms with Crippen molar-refractivity contribution in [1.29, 1.82) is 0 Å². The average Bonchev–Trinajstić information content (AvgIpc) is 2.49. The Morgan fingerprint density at radius 2 is 1.55 bits per heavy atom. The largest absolute Gasteiger partial charge is 0.289 e. The number of benzene rings is 2. The molecule has 1 nitrogen and oxygen atoms in total. The molecule has 0 saturated heterocycles. The van der Waals surface area contributed by atoms with Gasteiger partial charge < -0.3 is 0 Å². The molecule has 2 rings (SSSR count). The minimum atomic E-state index is -0.330. The molecule has 20 heavy (non-hydrogen) atoms. The highest BCUT2D eigenvalue weighted by atomic mass is 19.1. The van der Waals surface area contributed by atoms with Gasteiger partial charge >= 0.3 is 0 Å². The topological polar surface area (TPSA) is 17.1 Å². The first-order valence-corrected chi connectivity index (χ1v) is 6.69. The number of Topliss-reactive ketones (excluding diaryl/α,β-unsaturated/α-hetero) is 1. The molecule has 0 unspecified atom stereocenters. The number of hydrogen-bond acceptors (Lipinski definition) is 1. The van der Waals surface area contributed by atoms with Crippen LogP contribution in [-0.2, 0) is 0 Å². The molecule has 0 atom stereocenters. The molecular weight excluding hydrogens is 251 g/mol. The highest BCUT2D eigenvalue weighted by Crippen LogP contribution is 2.23. The van der Waals surface area contributed by atoms with Crippen molar-refractivity contribution in [2.24, 2.45) is 0 Å². The summed E-state index contributed by atoms with van der Waals surface area (Å²) in [6.07, 6.45) is 0.650. The van der Waals surface area contributed by atoms with Gasteiger partial charge in [0.25, 0.3) is 0 Å². The molecule has 0 N–H and O–H groups in total. The predicted octanol–water partition coefficient (Wildman–Crippen LogP) is 4.89. The van der Waals surface area contributed by atoms with Crippen LogP contribution in [0.25, 0.3) is 5.57 Å². The van der Waals surface area contributed by atoms with Crippen molar-refractivity contribution in [3.05, 3.63) is 77.1 Å². The SMILES string of the molecule is CCC(C(=O)c1ccc(F)cc1)=C(C)c1ccccc1. The van der Waals surface area contributed by atoms with Crippen LogP contribution in [0.2, 0.25) is 0 Å². The Hall–Kier alpha value is -2.22. The third-order valence-electron chi connectivity index (χ3n) is 3.39. The zero-order valence-electron chi connectivity index (χ0n) is 11.7. The summed E-state index contributed by atoms with van der Waals surface area (Å²) < 4.78 is 12.9. The lowest BCUT2D eigenvalue weighted by atomic mass is 9.93. The molecule has 0 aliphatic rings. The second kappa shape index (κ2) is 6.29. The van der Waals surface area contributed by atoms with Crippen molar-refractivity contribution >= 4 is 11.4 Å². The fraction of sp³-hybridized carbons (Fsp3) is 0.167. The van der Waals surface area contributed by atoms with Crippen LogP contribution in [0, 0.1) is 5.82 Å². The van der Waals surface area contributed by atoms with Crippen LogP contribution < -0.4 is 0 Å². The van der Waals surface area contributed by atoms with Crippen LogP contribution in [0.15, 0.2) is 60.2 Å². The van der Waals surface area contributed by atoms with Gasteiger partial charge in [0.05, 0.1) is 0 Å². The molecule has 0 aromatic heterocycles. The van der Waals surface area contributed by atoms with E-state index in [-0.39, 0.29) is 11.6 Å². The van der Waals surface area contributed by atoms with Crippen molar-refractivity contribution in [2.45, 2.75) is 20.3 Å². The minimum absolute atomic E-state index is 0.0335. The van der Waals surface area contributed by atoms with Gasteiger partial charge in [-0.05, 0) is 48.7 Å². The first kappa shape index (κ1) is 14.2. The van der Waals surface area contributed by atoms with E-state index in [1.54, 1.807) is 0 Å². The quantitative estimate of drug-likeness (QED) is 0.570. The summed E-state index contributed by atoms with van der Waals surface area (Å²) in [5.74, 6) is -0.364. The van der Waals surface area contributed by atoms with Crippen LogP contribution in [0.1, 0.15) is 36.2 Å². The van der Waals surface area contributed by atoms with E-state index in [1.165, 1.54) is 24.3 Å². The van der Waals surface area contributed by atoms with Crippen molar-refractivity contribution in [2.75, 3.05) is 0 Å². The third kappa shape index (κ3) is 3.02. The highest BCUT2D eigenvalue weighted by molar-refractivity contribution is 6.12. The summed E-state index contributed by atoms with van der Waals surface area (Å²) in [6.45, 7) is 3.92. The number of carbonyl (C=O) groups excluding carboxylic acids is 1. The standard InChI is InChI=1S/C18H17FO/c1-3-17(13(2)14-7-5-4-6-8-14)18(20)15-9-11-16(19)12-10-15/h4-12H,3H2,1-2H3. The molecule has 0 aliphatic carbocycles. The maximum atomic E-state index is 12.9. The van der Waals surface area contributed by atoms with Gasteiger partial charge in [0.1, 0.15) is 5.82 Å². The zero-order valence-corrected chi connectivity index (χ0v) is 11.7. The molecule has 0 fully saturated rings. The van der Waals surface area contributed by atoms with E-state index in [4.69, 9.17) is 0 Å². The number of carbonyl (C=O) groups is 1. The molecule has 102 valence electrons. The van der Waals surface area contributed by atoms with Gasteiger partial charge in [0, 0.05) is 11.1 Å². The van der Waals surface area contributed by atoms with E-state index in [1.807, 2.05) is 44.2 Å². The second-order valence-corrected chi connectivity index (χ2v) is 4.66. The van der Waals surface area contributed by atoms with E-state index in [2.05, 4.69) is 0 Å². The molecule has 0 aliphatic heterocycles. The van der Waals surface area contributed by atoms with Gasteiger partial charge in [-0.1, -0.05) is 37.3 Å². The van der Waals surface area contributed by atoms with Gasteiger partial charge in [-0.3, -0.25) is 4.79 Å². The maximum absolute atomic E-state index is 12.9. The Morgan fingerprint density at radius 3 is 2.10 bits per heavy atom. The second-order valence-electron chi connectivity index (χ2n) is 4.66. The monoisotopic (exact) mass is 268 g/mol. The summed E-state index contributed by atoms with van der Waals surface area (Å²) in [4.78, 5) is 12.5. The Balaban J connectivity index is 2.41. The molecule has 0 saturated carbocycles. The Bertz CT molecular complexity index is 624. The predicted molar refractivity (Wildman–Crippen MR) is 80.1 cm³/mol. The molecule has 0 bridgehead atoms. The molecule has 0 heterocycles. The lowest BCUT2D eigenvalue weighted by Crippen LogP contribution is -2.05. The normalized spacial score (nSPS) is 11.9. The Kier molecular flexibility index (Phi) is 4.46. The van der Waals surface area contributed by atoms with Crippen molar-refractivity contribution in [3.8, 4) is 0 Å². The van der Waals surface area contributed by atoms with E-state index < -0.39 is 0 Å². The Morgan fingerprint density at radius 1 is 0.950 bits per heavy atom. The van der Waals surface area contributed by atoms with E-state index in [0.717, 1.165) is 16.7 Å². The third-order valence-corrected chi connectivity index (χ3v) is 3.39. The van der Waals surface area contributed by atoms with E-state index in [9.17, 15) is 9.18 Å². The molecule has 2 aromatic carbocycles. The molecule has 0 spiro atoms. The molecule has 2 heteroatoms. The fourth-order valence-electron chi connectivity index (χ4n) is 2.23. The van der Waals surface area contributed by atoms with Crippen LogP contribution in [0.4, 0.5) is 4.39 Å². The molecule has 0 radical (unpaired) electrons. The van der Waals surface area contributed by atoms with Crippen LogP contribution in [-0.4, -0.2) is 5.78 Å². The van der Waals surface area contributed by atoms with E-state index in [0.29, 0.717) is 12.0 Å². The van der Waals surface area contributed by atoms with Crippen molar-refractivity contribution < 1.29 is 9.18 Å². The highest BCUT2D eigenvalue weighted by Gasteiger charge is 2.14. The summed E-state index contributed by atoms with van der Waals surface area (Å²) >= 11 is 0. The number of halogens is 1. The average molecular weight is 268 g/mol. The van der Waals surface area contributed by atoms with Crippen molar-refractivity contribution in [3.63, 3.8) is 0 Å². The lowest BCUT2D eigenvalue weighted by molar-refractivity contribution is 0.103. The van der Waals surface area contributed by atoms with Crippen LogP contribution in [0.5, 0.6) is 0 Å². The fourth-order valence-corrected chi connectivity index (χ4v) is 2.23. The van der Waals surface area contributed by atoms with Gasteiger partial charge in [-0.15, -0.1) is 0 Å². The molecular formula is C18H17FO. The van der Waals surface area contributed by atoms with Crippen LogP contribution in [0.3, 0.4) is 0 Å². The summed E-state index contributed by atoms with van der Waals surface area (Å²) in [5, 5.41) is 0. The Labute approximate surface area is 118 Å². The number of ketones is 1.